The fourth-order valence-corrected chi connectivity index (χ4v) is 3.23. The van der Waals surface area contributed by atoms with Crippen LogP contribution in [0.5, 0.6) is 0 Å². The number of fused-ring (bicyclic) bond motifs is 1. The highest BCUT2D eigenvalue weighted by Crippen LogP contribution is 2.17. The summed E-state index contributed by atoms with van der Waals surface area (Å²) in [5, 5.41) is 0. The summed E-state index contributed by atoms with van der Waals surface area (Å²) < 4.78 is 41.4. The Morgan fingerprint density at radius 3 is 2.67 bits per heavy atom. The van der Waals surface area contributed by atoms with Crippen LogP contribution in [0.3, 0.4) is 0 Å². The van der Waals surface area contributed by atoms with Crippen molar-refractivity contribution in [3.05, 3.63) is 66.4 Å². The van der Waals surface area contributed by atoms with E-state index in [4.69, 9.17) is 0 Å². The zero-order valence-corrected chi connectivity index (χ0v) is 11.7. The molecule has 21 heavy (non-hydrogen) atoms. The molecule has 1 N–H and O–H groups in total. The van der Waals surface area contributed by atoms with Gasteiger partial charge in [0.25, 0.3) is 0 Å². The summed E-state index contributed by atoms with van der Waals surface area (Å²) in [6.07, 6.45) is 5.10. The van der Waals surface area contributed by atoms with Crippen molar-refractivity contribution in [2.24, 2.45) is 0 Å². The van der Waals surface area contributed by atoms with Crippen LogP contribution in [0.2, 0.25) is 0 Å². The maximum Gasteiger partial charge on any atom is 0.237 e. The number of pyridine rings is 1. The lowest BCUT2D eigenvalue weighted by molar-refractivity contribution is 0.600. The monoisotopic (exact) mass is 305 g/mol. The SMILES string of the molecule is O=S(=O)(Cc1ccc(F)cc1)Nc1cccn2ccnc12. The van der Waals surface area contributed by atoms with Crippen LogP contribution in [0.15, 0.2) is 55.0 Å². The second kappa shape index (κ2) is 5.17. The molecular formula is C14H12FN3O2S. The lowest BCUT2D eigenvalue weighted by Crippen LogP contribution is -2.15. The first kappa shape index (κ1) is 13.6. The van der Waals surface area contributed by atoms with Gasteiger partial charge in [0.1, 0.15) is 5.82 Å². The van der Waals surface area contributed by atoms with E-state index in [1.54, 1.807) is 35.1 Å². The van der Waals surface area contributed by atoms with Crippen LogP contribution in [0.1, 0.15) is 5.56 Å². The van der Waals surface area contributed by atoms with Gasteiger partial charge < -0.3 is 4.40 Å². The molecule has 0 spiro atoms. The Bertz CT molecular complexity index is 873. The Balaban J connectivity index is 1.86. The summed E-state index contributed by atoms with van der Waals surface area (Å²) in [4.78, 5) is 4.11. The first-order valence-electron chi connectivity index (χ1n) is 6.20. The van der Waals surface area contributed by atoms with E-state index in [-0.39, 0.29) is 5.75 Å². The van der Waals surface area contributed by atoms with Crippen LogP contribution >= 0.6 is 0 Å². The van der Waals surface area contributed by atoms with Gasteiger partial charge in [-0.25, -0.2) is 17.8 Å². The van der Waals surface area contributed by atoms with Gasteiger partial charge in [-0.1, -0.05) is 12.1 Å². The molecule has 0 atom stereocenters. The highest BCUT2D eigenvalue weighted by atomic mass is 32.2. The second-order valence-corrected chi connectivity index (χ2v) is 6.29. The van der Waals surface area contributed by atoms with Crippen molar-refractivity contribution >= 4 is 21.4 Å². The Morgan fingerprint density at radius 2 is 1.90 bits per heavy atom. The fraction of sp³-hybridized carbons (Fsp3) is 0.0714. The average molecular weight is 305 g/mol. The number of anilines is 1. The summed E-state index contributed by atoms with van der Waals surface area (Å²) in [7, 11) is -3.60. The Hall–Kier alpha value is -2.41. The first-order chi connectivity index (χ1) is 10.0. The average Bonchev–Trinajstić information content (AvgIpc) is 2.90. The van der Waals surface area contributed by atoms with E-state index in [1.807, 2.05) is 0 Å². The molecule has 7 heteroatoms. The van der Waals surface area contributed by atoms with Gasteiger partial charge in [-0.05, 0) is 29.8 Å². The van der Waals surface area contributed by atoms with Crippen molar-refractivity contribution in [2.75, 3.05) is 4.72 Å². The molecule has 3 rings (SSSR count). The normalized spacial score (nSPS) is 11.7. The van der Waals surface area contributed by atoms with E-state index in [0.717, 1.165) is 0 Å². The number of nitrogens with one attached hydrogen (secondary N) is 1. The van der Waals surface area contributed by atoms with Crippen molar-refractivity contribution in [3.63, 3.8) is 0 Å². The van der Waals surface area contributed by atoms with E-state index < -0.39 is 15.8 Å². The molecule has 2 heterocycles. The number of hydrogen-bond acceptors (Lipinski definition) is 3. The molecule has 1 aromatic carbocycles. The molecule has 5 nitrogen and oxygen atoms in total. The fourth-order valence-electron chi connectivity index (χ4n) is 2.03. The molecule has 0 saturated carbocycles. The molecule has 2 aromatic heterocycles. The summed E-state index contributed by atoms with van der Waals surface area (Å²) in [6, 6.07) is 8.74. The number of aromatic nitrogens is 2. The van der Waals surface area contributed by atoms with Crippen LogP contribution < -0.4 is 4.72 Å². The van der Waals surface area contributed by atoms with E-state index >= 15 is 0 Å². The lowest BCUT2D eigenvalue weighted by Gasteiger charge is -2.09. The third-order valence-corrected chi connectivity index (χ3v) is 4.20. The summed E-state index contributed by atoms with van der Waals surface area (Å²) in [5.74, 6) is -0.624. The molecule has 0 unspecified atom stereocenters. The topological polar surface area (TPSA) is 63.5 Å². The van der Waals surface area contributed by atoms with Gasteiger partial charge in [0.2, 0.25) is 10.0 Å². The Morgan fingerprint density at radius 1 is 1.14 bits per heavy atom. The molecule has 0 radical (unpaired) electrons. The molecule has 0 bridgehead atoms. The quantitative estimate of drug-likeness (QED) is 0.805. The first-order valence-corrected chi connectivity index (χ1v) is 7.85. The highest BCUT2D eigenvalue weighted by Gasteiger charge is 2.14. The molecule has 0 amide bonds. The van der Waals surface area contributed by atoms with Gasteiger partial charge in [0.15, 0.2) is 5.65 Å². The van der Waals surface area contributed by atoms with Gasteiger partial charge in [0, 0.05) is 18.6 Å². The van der Waals surface area contributed by atoms with E-state index in [1.165, 1.54) is 24.3 Å². The molecular weight excluding hydrogens is 293 g/mol. The zero-order valence-electron chi connectivity index (χ0n) is 10.9. The second-order valence-electron chi connectivity index (χ2n) is 4.57. The molecule has 0 fully saturated rings. The van der Waals surface area contributed by atoms with Crippen LogP contribution in [0, 0.1) is 5.82 Å². The predicted octanol–water partition coefficient (Wildman–Crippen LogP) is 2.42. The number of halogens is 1. The number of nitrogens with zero attached hydrogens (tertiary/aromatic N) is 2. The molecule has 0 aliphatic carbocycles. The summed E-state index contributed by atoms with van der Waals surface area (Å²) in [5.41, 5.74) is 1.45. The number of benzene rings is 1. The van der Waals surface area contributed by atoms with Crippen LogP contribution in [-0.4, -0.2) is 17.8 Å². The predicted molar refractivity (Wildman–Crippen MR) is 77.8 cm³/mol. The zero-order chi connectivity index (χ0) is 14.9. The van der Waals surface area contributed by atoms with Gasteiger partial charge in [0.05, 0.1) is 11.4 Å². The summed E-state index contributed by atoms with van der Waals surface area (Å²) in [6.45, 7) is 0. The number of sulfonamides is 1. The number of rotatable bonds is 4. The minimum absolute atomic E-state index is 0.227. The van der Waals surface area contributed by atoms with Gasteiger partial charge in [-0.3, -0.25) is 4.72 Å². The largest absolute Gasteiger partial charge is 0.305 e. The molecule has 0 aliphatic heterocycles. The van der Waals surface area contributed by atoms with Gasteiger partial charge >= 0.3 is 0 Å². The minimum atomic E-state index is -3.60. The van der Waals surface area contributed by atoms with E-state index in [2.05, 4.69) is 9.71 Å². The maximum absolute atomic E-state index is 12.8. The van der Waals surface area contributed by atoms with Crippen LogP contribution in [0.25, 0.3) is 5.65 Å². The standard InChI is InChI=1S/C14H12FN3O2S/c15-12-5-3-11(4-6-12)10-21(19,20)17-13-2-1-8-18-9-7-16-14(13)18/h1-9,17H,10H2. The van der Waals surface area contributed by atoms with Crippen LogP contribution in [0.4, 0.5) is 10.1 Å². The van der Waals surface area contributed by atoms with Crippen molar-refractivity contribution in [3.8, 4) is 0 Å². The van der Waals surface area contributed by atoms with Crippen molar-refractivity contribution in [1.29, 1.82) is 0 Å². The smallest absolute Gasteiger partial charge is 0.237 e. The van der Waals surface area contributed by atoms with Gasteiger partial charge in [-0.2, -0.15) is 0 Å². The third-order valence-electron chi connectivity index (χ3n) is 2.95. The maximum atomic E-state index is 12.8. The molecule has 3 aromatic rings. The third kappa shape index (κ3) is 3.03. The van der Waals surface area contributed by atoms with Gasteiger partial charge in [-0.15, -0.1) is 0 Å². The Labute approximate surface area is 121 Å². The van der Waals surface area contributed by atoms with Crippen molar-refractivity contribution in [2.45, 2.75) is 5.75 Å². The van der Waals surface area contributed by atoms with Crippen LogP contribution in [-0.2, 0) is 15.8 Å². The molecule has 108 valence electrons. The molecule has 0 saturated heterocycles. The summed E-state index contributed by atoms with van der Waals surface area (Å²) >= 11 is 0. The Kier molecular flexibility index (Phi) is 3.34. The van der Waals surface area contributed by atoms with Crippen molar-refractivity contribution in [1.82, 2.24) is 9.38 Å². The number of hydrogen-bond donors (Lipinski definition) is 1. The minimum Gasteiger partial charge on any atom is -0.305 e. The number of imidazole rings is 1. The van der Waals surface area contributed by atoms with E-state index in [9.17, 15) is 12.8 Å². The van der Waals surface area contributed by atoms with Crippen molar-refractivity contribution < 1.29 is 12.8 Å². The highest BCUT2D eigenvalue weighted by molar-refractivity contribution is 7.91. The van der Waals surface area contributed by atoms with E-state index in [0.29, 0.717) is 16.9 Å². The lowest BCUT2D eigenvalue weighted by atomic mass is 10.2. The molecule has 0 aliphatic rings.